The number of fused-ring (bicyclic) bond motifs is 3. The van der Waals surface area contributed by atoms with Crippen LogP contribution in [0.15, 0.2) is 24.3 Å². The van der Waals surface area contributed by atoms with Crippen molar-refractivity contribution in [3.05, 3.63) is 40.5 Å². The minimum Gasteiger partial charge on any atom is -0.481 e. The minimum absolute atomic E-state index is 0.562. The fourth-order valence-corrected chi connectivity index (χ4v) is 4.20. The van der Waals surface area contributed by atoms with Gasteiger partial charge in [-0.05, 0) is 37.5 Å². The summed E-state index contributed by atoms with van der Waals surface area (Å²) in [5.74, 6) is 0.455. The van der Waals surface area contributed by atoms with E-state index >= 15 is 0 Å². The number of ether oxygens (including phenoxy) is 2. The maximum atomic E-state index is 9.81. The lowest BCUT2D eigenvalue weighted by Crippen LogP contribution is -2.29. The molecule has 9 heteroatoms. The summed E-state index contributed by atoms with van der Waals surface area (Å²) < 4.78 is 11.5. The van der Waals surface area contributed by atoms with Gasteiger partial charge in [0.1, 0.15) is 5.52 Å². The second-order valence-electron chi connectivity index (χ2n) is 7.77. The Labute approximate surface area is 198 Å². The predicted octanol–water partition coefficient (Wildman–Crippen LogP) is 4.99. The number of anilines is 2. The molecular weight excluding hydrogens is 444 g/mol. The largest absolute Gasteiger partial charge is 0.481 e. The SMILES string of the molecule is CC(=O)OC(C)=O.CCCc1ccc(Cl)c2nc3n(c12)CCCN3c1ccc(OC)nc1C. The van der Waals surface area contributed by atoms with Crippen molar-refractivity contribution in [3.63, 3.8) is 0 Å². The van der Waals surface area contributed by atoms with Crippen LogP contribution in [-0.2, 0) is 27.3 Å². The number of aryl methyl sites for hydroxylation is 3. The minimum atomic E-state index is -0.562. The van der Waals surface area contributed by atoms with E-state index in [1.165, 1.54) is 24.9 Å². The number of hydrogen-bond donors (Lipinski definition) is 0. The molecule has 176 valence electrons. The van der Waals surface area contributed by atoms with Crippen LogP contribution in [-0.4, -0.2) is 40.1 Å². The van der Waals surface area contributed by atoms with Gasteiger partial charge in [-0.15, -0.1) is 0 Å². The van der Waals surface area contributed by atoms with E-state index in [-0.39, 0.29) is 0 Å². The van der Waals surface area contributed by atoms with Gasteiger partial charge in [0.05, 0.1) is 29.0 Å². The fourth-order valence-electron chi connectivity index (χ4n) is 4.00. The Morgan fingerprint density at radius 2 is 1.82 bits per heavy atom. The van der Waals surface area contributed by atoms with Gasteiger partial charge in [0.2, 0.25) is 11.8 Å². The summed E-state index contributed by atoms with van der Waals surface area (Å²) in [6, 6.07) is 8.07. The van der Waals surface area contributed by atoms with Crippen molar-refractivity contribution < 1.29 is 19.1 Å². The van der Waals surface area contributed by atoms with Crippen molar-refractivity contribution >= 4 is 46.2 Å². The second kappa shape index (κ2) is 10.7. The van der Waals surface area contributed by atoms with Crippen molar-refractivity contribution in [2.24, 2.45) is 0 Å². The van der Waals surface area contributed by atoms with Crippen molar-refractivity contribution in [2.75, 3.05) is 18.6 Å². The van der Waals surface area contributed by atoms with E-state index in [2.05, 4.69) is 38.2 Å². The Morgan fingerprint density at radius 3 is 2.39 bits per heavy atom. The summed E-state index contributed by atoms with van der Waals surface area (Å²) in [5.41, 5.74) is 5.40. The highest BCUT2D eigenvalue weighted by atomic mass is 35.5. The molecule has 3 heterocycles. The van der Waals surface area contributed by atoms with Crippen LogP contribution in [0.1, 0.15) is 44.9 Å². The standard InChI is InChI=1S/C20H23ClN4O.C4H6O3/c1-4-6-14-7-8-15(21)18-19(14)25-12-5-11-24(20(25)23-18)16-9-10-17(26-3)22-13(16)2;1-3(5)7-4(2)6/h7-10H,4-6,11-12H2,1-3H3;1-2H3. The normalized spacial score (nSPS) is 12.6. The maximum absolute atomic E-state index is 9.81. The Kier molecular flexibility index (Phi) is 7.92. The zero-order valence-corrected chi connectivity index (χ0v) is 20.4. The van der Waals surface area contributed by atoms with Gasteiger partial charge in [-0.25, -0.2) is 9.97 Å². The number of pyridine rings is 1. The van der Waals surface area contributed by atoms with Crippen LogP contribution < -0.4 is 9.64 Å². The number of rotatable bonds is 4. The van der Waals surface area contributed by atoms with Gasteiger partial charge < -0.3 is 18.9 Å². The van der Waals surface area contributed by atoms with Crippen molar-refractivity contribution in [1.82, 2.24) is 14.5 Å². The Hall–Kier alpha value is -3.13. The molecule has 0 unspecified atom stereocenters. The molecule has 2 aromatic heterocycles. The molecule has 0 atom stereocenters. The maximum Gasteiger partial charge on any atom is 0.310 e. The quantitative estimate of drug-likeness (QED) is 0.390. The number of hydrogen-bond acceptors (Lipinski definition) is 7. The van der Waals surface area contributed by atoms with Crippen LogP contribution in [0.25, 0.3) is 11.0 Å². The number of methoxy groups -OCH3 is 1. The number of aromatic nitrogens is 3. The van der Waals surface area contributed by atoms with Gasteiger partial charge in [0.25, 0.3) is 0 Å². The number of halogens is 1. The zero-order valence-electron chi connectivity index (χ0n) is 19.6. The van der Waals surface area contributed by atoms with E-state index in [1.54, 1.807) is 7.11 Å². The highest BCUT2D eigenvalue weighted by Crippen LogP contribution is 2.37. The van der Waals surface area contributed by atoms with Gasteiger partial charge >= 0.3 is 11.9 Å². The van der Waals surface area contributed by atoms with Crippen molar-refractivity contribution in [3.8, 4) is 5.88 Å². The summed E-state index contributed by atoms with van der Waals surface area (Å²) in [4.78, 5) is 31.3. The van der Waals surface area contributed by atoms with Crippen LogP contribution in [0.5, 0.6) is 5.88 Å². The molecule has 3 aromatic rings. The summed E-state index contributed by atoms with van der Waals surface area (Å²) in [7, 11) is 1.64. The van der Waals surface area contributed by atoms with E-state index in [1.807, 2.05) is 19.1 Å². The van der Waals surface area contributed by atoms with E-state index in [0.29, 0.717) is 10.9 Å². The molecule has 0 N–H and O–H groups in total. The molecule has 0 amide bonds. The van der Waals surface area contributed by atoms with Crippen LogP contribution in [0.3, 0.4) is 0 Å². The van der Waals surface area contributed by atoms with E-state index in [9.17, 15) is 9.59 Å². The average Bonchev–Trinajstić information content (AvgIpc) is 3.16. The van der Waals surface area contributed by atoms with Gasteiger partial charge in [0.15, 0.2) is 0 Å². The molecule has 0 bridgehead atoms. The lowest BCUT2D eigenvalue weighted by Gasteiger charge is -2.30. The second-order valence-corrected chi connectivity index (χ2v) is 8.17. The molecule has 8 nitrogen and oxygen atoms in total. The van der Waals surface area contributed by atoms with Gasteiger partial charge in [-0.3, -0.25) is 9.59 Å². The molecule has 4 rings (SSSR count). The van der Waals surface area contributed by atoms with Crippen LogP contribution in [0, 0.1) is 6.92 Å². The number of imidazole rings is 1. The molecule has 1 aliphatic heterocycles. The monoisotopic (exact) mass is 472 g/mol. The van der Waals surface area contributed by atoms with E-state index in [4.69, 9.17) is 21.3 Å². The lowest BCUT2D eigenvalue weighted by molar-refractivity contribution is -0.156. The number of nitrogens with zero attached hydrogens (tertiary/aromatic N) is 4. The third-order valence-electron chi connectivity index (χ3n) is 5.25. The smallest absolute Gasteiger partial charge is 0.310 e. The first-order chi connectivity index (χ1) is 15.8. The molecule has 1 aliphatic rings. The van der Waals surface area contributed by atoms with Crippen LogP contribution >= 0.6 is 11.6 Å². The molecule has 33 heavy (non-hydrogen) atoms. The first-order valence-electron chi connectivity index (χ1n) is 10.9. The summed E-state index contributed by atoms with van der Waals surface area (Å²) >= 11 is 6.49. The third-order valence-corrected chi connectivity index (χ3v) is 5.56. The zero-order chi connectivity index (χ0) is 24.1. The third kappa shape index (κ3) is 5.45. The number of carbonyl (C=O) groups is 2. The van der Waals surface area contributed by atoms with Gasteiger partial charge in [-0.1, -0.05) is 31.0 Å². The Balaban J connectivity index is 0.000000383. The molecular formula is C24H29ClN4O4. The molecule has 0 fully saturated rings. The highest BCUT2D eigenvalue weighted by Gasteiger charge is 2.26. The van der Waals surface area contributed by atoms with Gasteiger partial charge in [-0.2, -0.15) is 0 Å². The number of carbonyl (C=O) groups excluding carboxylic acids is 2. The molecule has 1 aromatic carbocycles. The Morgan fingerprint density at radius 1 is 1.09 bits per heavy atom. The predicted molar refractivity (Wildman–Crippen MR) is 128 cm³/mol. The topological polar surface area (TPSA) is 86.6 Å². The summed E-state index contributed by atoms with van der Waals surface area (Å²) in [6.45, 7) is 8.45. The van der Waals surface area contributed by atoms with Crippen molar-refractivity contribution in [1.29, 1.82) is 0 Å². The summed E-state index contributed by atoms with van der Waals surface area (Å²) in [5, 5.41) is 0.714. The Bertz CT molecular complexity index is 1160. The van der Waals surface area contributed by atoms with Crippen LogP contribution in [0.4, 0.5) is 11.6 Å². The van der Waals surface area contributed by atoms with Crippen LogP contribution in [0.2, 0.25) is 5.02 Å². The lowest BCUT2D eigenvalue weighted by atomic mass is 10.1. The number of esters is 2. The molecule has 0 saturated heterocycles. The number of benzene rings is 1. The van der Waals surface area contributed by atoms with E-state index < -0.39 is 11.9 Å². The first kappa shape index (κ1) is 24.5. The summed E-state index contributed by atoms with van der Waals surface area (Å²) in [6.07, 6.45) is 3.19. The van der Waals surface area contributed by atoms with E-state index in [0.717, 1.165) is 55.2 Å². The average molecular weight is 473 g/mol. The highest BCUT2D eigenvalue weighted by molar-refractivity contribution is 6.35. The molecule has 0 radical (unpaired) electrons. The van der Waals surface area contributed by atoms with Gasteiger partial charge in [0, 0.05) is 33.0 Å². The fraction of sp³-hybridized carbons (Fsp3) is 0.417. The molecule has 0 spiro atoms. The first-order valence-corrected chi connectivity index (χ1v) is 11.3. The molecule has 0 aliphatic carbocycles. The molecule has 0 saturated carbocycles. The van der Waals surface area contributed by atoms with Crippen molar-refractivity contribution in [2.45, 2.75) is 53.5 Å².